The molecular weight excluding hydrogens is 216 g/mol. The second-order valence-electron chi connectivity index (χ2n) is 4.59. The lowest BCUT2D eigenvalue weighted by molar-refractivity contribution is 0.973. The van der Waals surface area contributed by atoms with Gasteiger partial charge < -0.3 is 0 Å². The van der Waals surface area contributed by atoms with E-state index >= 15 is 0 Å². The molecule has 0 amide bonds. The van der Waals surface area contributed by atoms with Crippen LogP contribution in [0.2, 0.25) is 0 Å². The van der Waals surface area contributed by atoms with Crippen molar-refractivity contribution in [3.63, 3.8) is 0 Å². The first-order valence-electron chi connectivity index (χ1n) is 6.63. The quantitative estimate of drug-likeness (QED) is 0.622. The van der Waals surface area contributed by atoms with Gasteiger partial charge in [-0.05, 0) is 35.6 Å². The Hall–Kier alpha value is -1.82. The number of hydrogen-bond acceptors (Lipinski definition) is 0. The highest BCUT2D eigenvalue weighted by molar-refractivity contribution is 5.89. The molecule has 0 aliphatic carbocycles. The molecule has 2 aromatic carbocycles. The maximum absolute atomic E-state index is 2.24. The van der Waals surface area contributed by atoms with Crippen molar-refractivity contribution >= 4 is 11.1 Å². The highest BCUT2D eigenvalue weighted by Gasteiger charge is 2.06. The third kappa shape index (κ3) is 2.89. The zero-order chi connectivity index (χ0) is 12.8. The molecule has 0 bridgehead atoms. The van der Waals surface area contributed by atoms with Crippen LogP contribution in [0.25, 0.3) is 11.1 Å². The molecule has 0 aliphatic rings. The summed E-state index contributed by atoms with van der Waals surface area (Å²) in [5, 5.41) is 0. The summed E-state index contributed by atoms with van der Waals surface area (Å²) >= 11 is 0. The van der Waals surface area contributed by atoms with Gasteiger partial charge in [0.2, 0.25) is 0 Å². The molecule has 2 rings (SSSR count). The average Bonchev–Trinajstić information content (AvgIpc) is 2.46. The number of rotatable bonds is 4. The van der Waals surface area contributed by atoms with Gasteiger partial charge in [-0.1, -0.05) is 74.0 Å². The molecule has 0 atom stereocenters. The van der Waals surface area contributed by atoms with Gasteiger partial charge in [0.1, 0.15) is 0 Å². The fourth-order valence-corrected chi connectivity index (χ4v) is 2.30. The molecule has 0 heteroatoms. The van der Waals surface area contributed by atoms with Crippen molar-refractivity contribution in [3.8, 4) is 0 Å². The SMILES string of the molecule is CCC/C(=C(\C)c1ccccc1)c1ccccc1. The lowest BCUT2D eigenvalue weighted by Crippen LogP contribution is -1.90. The Kier molecular flexibility index (Phi) is 4.35. The van der Waals surface area contributed by atoms with Crippen molar-refractivity contribution < 1.29 is 0 Å². The highest BCUT2D eigenvalue weighted by atomic mass is 14.1. The van der Waals surface area contributed by atoms with E-state index < -0.39 is 0 Å². The van der Waals surface area contributed by atoms with Crippen LogP contribution in [-0.2, 0) is 0 Å². The average molecular weight is 236 g/mol. The number of benzene rings is 2. The molecule has 0 saturated carbocycles. The Morgan fingerprint density at radius 1 is 0.778 bits per heavy atom. The standard InChI is InChI=1S/C18H20/c1-3-10-18(17-13-8-5-9-14-17)15(2)16-11-6-4-7-12-16/h4-9,11-14H,3,10H2,1-2H3/b18-15-. The van der Waals surface area contributed by atoms with Crippen LogP contribution in [0.1, 0.15) is 37.8 Å². The number of hydrogen-bond donors (Lipinski definition) is 0. The van der Waals surface area contributed by atoms with Gasteiger partial charge in [-0.2, -0.15) is 0 Å². The first kappa shape index (κ1) is 12.6. The van der Waals surface area contributed by atoms with Gasteiger partial charge in [0.15, 0.2) is 0 Å². The van der Waals surface area contributed by atoms with Gasteiger partial charge in [0.25, 0.3) is 0 Å². The lowest BCUT2D eigenvalue weighted by Gasteiger charge is -2.12. The molecule has 0 unspecified atom stereocenters. The Balaban J connectivity index is 2.47. The van der Waals surface area contributed by atoms with E-state index in [1.807, 2.05) is 0 Å². The fraction of sp³-hybridized carbons (Fsp3) is 0.222. The minimum Gasteiger partial charge on any atom is -0.0651 e. The van der Waals surface area contributed by atoms with Gasteiger partial charge in [-0.15, -0.1) is 0 Å². The molecule has 2 aromatic rings. The topological polar surface area (TPSA) is 0 Å². The minimum absolute atomic E-state index is 1.13. The van der Waals surface area contributed by atoms with Crippen LogP contribution in [0.4, 0.5) is 0 Å². The molecule has 0 spiro atoms. The first-order chi connectivity index (χ1) is 8.83. The van der Waals surface area contributed by atoms with E-state index in [2.05, 4.69) is 74.5 Å². The zero-order valence-corrected chi connectivity index (χ0v) is 11.2. The Morgan fingerprint density at radius 3 is 1.78 bits per heavy atom. The summed E-state index contributed by atoms with van der Waals surface area (Å²) in [6.07, 6.45) is 2.30. The van der Waals surface area contributed by atoms with Gasteiger partial charge in [0.05, 0.1) is 0 Å². The van der Waals surface area contributed by atoms with Crippen molar-refractivity contribution in [2.45, 2.75) is 26.7 Å². The van der Waals surface area contributed by atoms with E-state index in [4.69, 9.17) is 0 Å². The normalized spacial score (nSPS) is 12.1. The largest absolute Gasteiger partial charge is 0.0651 e. The van der Waals surface area contributed by atoms with Crippen molar-refractivity contribution in [1.29, 1.82) is 0 Å². The molecule has 0 aromatic heterocycles. The molecule has 18 heavy (non-hydrogen) atoms. The Morgan fingerprint density at radius 2 is 1.28 bits per heavy atom. The van der Waals surface area contributed by atoms with E-state index in [1.54, 1.807) is 0 Å². The smallest absolute Gasteiger partial charge is 0.0222 e. The second kappa shape index (κ2) is 6.20. The fourth-order valence-electron chi connectivity index (χ4n) is 2.30. The van der Waals surface area contributed by atoms with Crippen LogP contribution in [0.15, 0.2) is 60.7 Å². The molecule has 0 saturated heterocycles. The van der Waals surface area contributed by atoms with E-state index in [0.717, 1.165) is 6.42 Å². The third-order valence-corrected chi connectivity index (χ3v) is 3.28. The van der Waals surface area contributed by atoms with E-state index in [9.17, 15) is 0 Å². The maximum Gasteiger partial charge on any atom is -0.0222 e. The van der Waals surface area contributed by atoms with Gasteiger partial charge in [-0.3, -0.25) is 0 Å². The molecular formula is C18H20. The summed E-state index contributed by atoms with van der Waals surface area (Å²) in [5.41, 5.74) is 5.53. The zero-order valence-electron chi connectivity index (χ0n) is 11.2. The van der Waals surface area contributed by atoms with Crippen molar-refractivity contribution in [3.05, 3.63) is 71.8 Å². The molecule has 0 radical (unpaired) electrons. The van der Waals surface area contributed by atoms with Crippen molar-refractivity contribution in [2.75, 3.05) is 0 Å². The van der Waals surface area contributed by atoms with E-state index in [-0.39, 0.29) is 0 Å². The molecule has 92 valence electrons. The van der Waals surface area contributed by atoms with E-state index in [1.165, 1.54) is 28.7 Å². The first-order valence-corrected chi connectivity index (χ1v) is 6.63. The van der Waals surface area contributed by atoms with Crippen LogP contribution in [0.3, 0.4) is 0 Å². The van der Waals surface area contributed by atoms with Crippen LogP contribution >= 0.6 is 0 Å². The Bertz CT molecular complexity index is 506. The molecule has 0 N–H and O–H groups in total. The summed E-state index contributed by atoms with van der Waals surface area (Å²) < 4.78 is 0. The van der Waals surface area contributed by atoms with Crippen molar-refractivity contribution in [1.82, 2.24) is 0 Å². The third-order valence-electron chi connectivity index (χ3n) is 3.28. The van der Waals surface area contributed by atoms with Crippen LogP contribution in [-0.4, -0.2) is 0 Å². The number of allylic oxidation sites excluding steroid dienone is 2. The monoisotopic (exact) mass is 236 g/mol. The maximum atomic E-state index is 2.24. The van der Waals surface area contributed by atoms with Crippen LogP contribution < -0.4 is 0 Å². The predicted molar refractivity (Wildman–Crippen MR) is 80.3 cm³/mol. The molecule has 0 nitrogen and oxygen atoms in total. The summed E-state index contributed by atoms with van der Waals surface area (Å²) in [5.74, 6) is 0. The minimum atomic E-state index is 1.13. The van der Waals surface area contributed by atoms with E-state index in [0.29, 0.717) is 0 Å². The lowest BCUT2D eigenvalue weighted by atomic mass is 9.93. The van der Waals surface area contributed by atoms with Crippen LogP contribution in [0.5, 0.6) is 0 Å². The molecule has 0 fully saturated rings. The van der Waals surface area contributed by atoms with Gasteiger partial charge >= 0.3 is 0 Å². The highest BCUT2D eigenvalue weighted by Crippen LogP contribution is 2.29. The summed E-state index contributed by atoms with van der Waals surface area (Å²) in [6, 6.07) is 21.4. The Labute approximate surface area is 110 Å². The van der Waals surface area contributed by atoms with Gasteiger partial charge in [-0.25, -0.2) is 0 Å². The summed E-state index contributed by atoms with van der Waals surface area (Å²) in [4.78, 5) is 0. The van der Waals surface area contributed by atoms with Crippen molar-refractivity contribution in [2.24, 2.45) is 0 Å². The molecule has 0 aliphatic heterocycles. The second-order valence-corrected chi connectivity index (χ2v) is 4.59. The van der Waals surface area contributed by atoms with Gasteiger partial charge in [0, 0.05) is 0 Å². The van der Waals surface area contributed by atoms with Crippen LogP contribution in [0, 0.1) is 0 Å². The summed E-state index contributed by atoms with van der Waals surface area (Å²) in [6.45, 7) is 4.47. The summed E-state index contributed by atoms with van der Waals surface area (Å²) in [7, 11) is 0. The molecule has 0 heterocycles. The predicted octanol–water partition coefficient (Wildman–Crippen LogP) is 5.42.